The van der Waals surface area contributed by atoms with Crippen LogP contribution >= 0.6 is 11.5 Å². The Hall–Kier alpha value is -2.43. The number of pyridine rings is 1. The summed E-state index contributed by atoms with van der Waals surface area (Å²) in [5, 5.41) is 0.232. The molecule has 1 fully saturated rings. The lowest BCUT2D eigenvalue weighted by molar-refractivity contribution is -0.144. The molecule has 0 unspecified atom stereocenters. The Bertz CT molecular complexity index is 994. The van der Waals surface area contributed by atoms with Crippen molar-refractivity contribution in [3.63, 3.8) is 0 Å². The average Bonchev–Trinajstić information content (AvgIpc) is 3.22. The largest absolute Gasteiger partial charge is 0.452 e. The topological polar surface area (TPSA) is 71.3 Å². The first kappa shape index (κ1) is 18.9. The molecule has 0 aromatic carbocycles. The molecular formula is C17H18F3N5O2S. The van der Waals surface area contributed by atoms with Crippen LogP contribution < -0.4 is 10.5 Å². The van der Waals surface area contributed by atoms with Crippen molar-refractivity contribution in [3.8, 4) is 0 Å². The van der Waals surface area contributed by atoms with E-state index >= 15 is 0 Å². The number of carbonyl (C=O) groups is 1. The van der Waals surface area contributed by atoms with Gasteiger partial charge in [0, 0.05) is 62.3 Å². The van der Waals surface area contributed by atoms with Crippen LogP contribution in [-0.4, -0.2) is 37.8 Å². The van der Waals surface area contributed by atoms with E-state index in [0.717, 1.165) is 28.4 Å². The molecule has 2 aliphatic rings. The molecule has 1 amide bonds. The SMILES string of the molecule is Cc1cc(=O)n(C)c2c1CN(C(=O)CC1CN(c3nc(C(F)(F)F)ns3)C1)C2. The predicted octanol–water partition coefficient (Wildman–Crippen LogP) is 1.93. The summed E-state index contributed by atoms with van der Waals surface area (Å²) in [4.78, 5) is 31.5. The van der Waals surface area contributed by atoms with E-state index in [1.807, 2.05) is 6.92 Å². The van der Waals surface area contributed by atoms with Gasteiger partial charge in [0.2, 0.25) is 16.9 Å². The van der Waals surface area contributed by atoms with Gasteiger partial charge in [0.05, 0.1) is 6.54 Å². The Labute approximate surface area is 162 Å². The Morgan fingerprint density at radius 2 is 2.04 bits per heavy atom. The zero-order valence-corrected chi connectivity index (χ0v) is 16.1. The number of nitrogens with zero attached hydrogens (tertiary/aromatic N) is 5. The first-order chi connectivity index (χ1) is 13.1. The van der Waals surface area contributed by atoms with Gasteiger partial charge in [-0.3, -0.25) is 9.59 Å². The fraction of sp³-hybridized carbons (Fsp3) is 0.529. The number of aromatic nitrogens is 3. The van der Waals surface area contributed by atoms with Crippen LogP contribution in [0, 0.1) is 12.8 Å². The third kappa shape index (κ3) is 3.27. The van der Waals surface area contributed by atoms with Crippen molar-refractivity contribution in [2.24, 2.45) is 13.0 Å². The molecule has 0 atom stereocenters. The molecule has 4 rings (SSSR count). The molecule has 0 aliphatic carbocycles. The summed E-state index contributed by atoms with van der Waals surface area (Å²) in [5.74, 6) is -1.07. The number of hydrogen-bond donors (Lipinski definition) is 0. The molecule has 0 saturated carbocycles. The Morgan fingerprint density at radius 1 is 1.32 bits per heavy atom. The number of carbonyl (C=O) groups excluding carboxylic acids is 1. The number of anilines is 1. The zero-order valence-electron chi connectivity index (χ0n) is 15.3. The highest BCUT2D eigenvalue weighted by atomic mass is 32.1. The molecule has 150 valence electrons. The molecule has 2 aromatic heterocycles. The number of alkyl halides is 3. The Morgan fingerprint density at radius 3 is 2.68 bits per heavy atom. The second-order valence-corrected chi connectivity index (χ2v) is 8.00. The Kier molecular flexibility index (Phi) is 4.44. The summed E-state index contributed by atoms with van der Waals surface area (Å²) in [7, 11) is 1.70. The summed E-state index contributed by atoms with van der Waals surface area (Å²) in [6.45, 7) is 3.72. The van der Waals surface area contributed by atoms with Gasteiger partial charge in [-0.05, 0) is 18.1 Å². The van der Waals surface area contributed by atoms with Crippen LogP contribution in [0.25, 0.3) is 0 Å². The van der Waals surface area contributed by atoms with Crippen LogP contribution in [-0.2, 0) is 31.1 Å². The molecule has 0 N–H and O–H groups in total. The molecule has 7 nitrogen and oxygen atoms in total. The molecule has 0 spiro atoms. The van der Waals surface area contributed by atoms with E-state index < -0.39 is 12.0 Å². The van der Waals surface area contributed by atoms with E-state index in [1.165, 1.54) is 0 Å². The number of rotatable bonds is 3. The van der Waals surface area contributed by atoms with Crippen molar-refractivity contribution in [2.45, 2.75) is 32.6 Å². The number of fused-ring (bicyclic) bond motifs is 1. The van der Waals surface area contributed by atoms with Crippen molar-refractivity contribution in [2.75, 3.05) is 18.0 Å². The van der Waals surface area contributed by atoms with Crippen LogP contribution in [0.1, 0.15) is 29.1 Å². The first-order valence-corrected chi connectivity index (χ1v) is 9.53. The lowest BCUT2D eigenvalue weighted by Crippen LogP contribution is -2.48. The highest BCUT2D eigenvalue weighted by molar-refractivity contribution is 7.09. The molecule has 0 bridgehead atoms. The van der Waals surface area contributed by atoms with E-state index in [9.17, 15) is 22.8 Å². The van der Waals surface area contributed by atoms with Crippen molar-refractivity contribution in [3.05, 3.63) is 39.1 Å². The maximum atomic E-state index is 12.6. The summed E-state index contributed by atoms with van der Waals surface area (Å²) < 4.78 is 42.7. The van der Waals surface area contributed by atoms with Crippen LogP contribution in [0.3, 0.4) is 0 Å². The smallest absolute Gasteiger partial charge is 0.346 e. The Balaban J connectivity index is 1.34. The first-order valence-electron chi connectivity index (χ1n) is 8.75. The fourth-order valence-corrected chi connectivity index (χ4v) is 4.35. The minimum atomic E-state index is -4.54. The number of halogens is 3. The molecule has 2 aliphatic heterocycles. The van der Waals surface area contributed by atoms with E-state index in [1.54, 1.807) is 27.5 Å². The maximum Gasteiger partial charge on any atom is 0.452 e. The molecule has 2 aromatic rings. The zero-order chi connectivity index (χ0) is 20.2. The van der Waals surface area contributed by atoms with E-state index in [-0.39, 0.29) is 22.5 Å². The van der Waals surface area contributed by atoms with Crippen LogP contribution in [0.15, 0.2) is 10.9 Å². The molecule has 28 heavy (non-hydrogen) atoms. The minimum absolute atomic E-state index is 0.0130. The van der Waals surface area contributed by atoms with Gasteiger partial charge < -0.3 is 14.4 Å². The number of aryl methyl sites for hydroxylation is 1. The predicted molar refractivity (Wildman–Crippen MR) is 95.9 cm³/mol. The van der Waals surface area contributed by atoms with Crippen LogP contribution in [0.2, 0.25) is 0 Å². The van der Waals surface area contributed by atoms with Crippen molar-refractivity contribution in [1.82, 2.24) is 18.8 Å². The molecule has 0 radical (unpaired) electrons. The van der Waals surface area contributed by atoms with Gasteiger partial charge in [-0.15, -0.1) is 0 Å². The van der Waals surface area contributed by atoms with Crippen molar-refractivity contribution in [1.29, 1.82) is 0 Å². The standard InChI is InChI=1S/C17H18F3N5O2S/c1-9-3-13(26)23(2)12-8-24(7-11(9)12)14(27)4-10-5-25(6-10)16-21-15(22-28-16)17(18,19)20/h3,10H,4-8H2,1-2H3. The normalized spacial score (nSPS) is 17.0. The summed E-state index contributed by atoms with van der Waals surface area (Å²) in [6, 6.07) is 1.58. The highest BCUT2D eigenvalue weighted by Crippen LogP contribution is 2.34. The molecule has 4 heterocycles. The second-order valence-electron chi connectivity index (χ2n) is 7.27. The van der Waals surface area contributed by atoms with Gasteiger partial charge in [-0.25, -0.2) is 0 Å². The van der Waals surface area contributed by atoms with Crippen LogP contribution in [0.4, 0.5) is 18.3 Å². The van der Waals surface area contributed by atoms with Gasteiger partial charge in [0.25, 0.3) is 5.56 Å². The van der Waals surface area contributed by atoms with E-state index in [2.05, 4.69) is 9.36 Å². The van der Waals surface area contributed by atoms with Crippen molar-refractivity contribution < 1.29 is 18.0 Å². The second kappa shape index (κ2) is 6.57. The lowest BCUT2D eigenvalue weighted by Gasteiger charge is -2.39. The monoisotopic (exact) mass is 413 g/mol. The van der Waals surface area contributed by atoms with Crippen LogP contribution in [0.5, 0.6) is 0 Å². The number of amides is 1. The summed E-state index contributed by atoms with van der Waals surface area (Å²) in [5.41, 5.74) is 2.68. The third-order valence-electron chi connectivity index (χ3n) is 5.30. The molecule has 1 saturated heterocycles. The maximum absolute atomic E-state index is 12.6. The van der Waals surface area contributed by atoms with E-state index in [0.29, 0.717) is 32.6 Å². The minimum Gasteiger partial charge on any atom is -0.346 e. The lowest BCUT2D eigenvalue weighted by atomic mass is 9.96. The third-order valence-corrected chi connectivity index (χ3v) is 6.08. The molecule has 11 heteroatoms. The highest BCUT2D eigenvalue weighted by Gasteiger charge is 2.39. The van der Waals surface area contributed by atoms with Gasteiger partial charge in [0.1, 0.15) is 0 Å². The van der Waals surface area contributed by atoms with Gasteiger partial charge in [0.15, 0.2) is 0 Å². The van der Waals surface area contributed by atoms with Gasteiger partial charge in [-0.2, -0.15) is 22.5 Å². The fourth-order valence-electron chi connectivity index (χ4n) is 3.64. The quantitative estimate of drug-likeness (QED) is 0.769. The van der Waals surface area contributed by atoms with Gasteiger partial charge in [-0.1, -0.05) is 0 Å². The number of hydrogen-bond acceptors (Lipinski definition) is 6. The molecular weight excluding hydrogens is 395 g/mol. The van der Waals surface area contributed by atoms with Crippen molar-refractivity contribution >= 4 is 22.6 Å². The summed E-state index contributed by atoms with van der Waals surface area (Å²) in [6.07, 6.45) is -4.22. The average molecular weight is 413 g/mol. The van der Waals surface area contributed by atoms with Gasteiger partial charge >= 0.3 is 6.18 Å². The summed E-state index contributed by atoms with van der Waals surface area (Å²) >= 11 is 0.720. The van der Waals surface area contributed by atoms with E-state index in [4.69, 9.17) is 0 Å².